The van der Waals surface area contributed by atoms with Gasteiger partial charge in [0.15, 0.2) is 11.5 Å². The van der Waals surface area contributed by atoms with E-state index in [9.17, 15) is 9.18 Å². The Morgan fingerprint density at radius 3 is 2.59 bits per heavy atom. The van der Waals surface area contributed by atoms with Crippen LogP contribution in [0.15, 0.2) is 65.1 Å². The summed E-state index contributed by atoms with van der Waals surface area (Å²) in [6.45, 7) is 0. The second-order valence-corrected chi connectivity index (χ2v) is 7.43. The van der Waals surface area contributed by atoms with Crippen LogP contribution in [0, 0.1) is 5.82 Å². The lowest BCUT2D eigenvalue weighted by molar-refractivity contribution is 0.0713. The number of rotatable bonds is 5. The molecule has 0 N–H and O–H groups in total. The smallest absolute Gasteiger partial charge is 0.284 e. The van der Waals surface area contributed by atoms with Gasteiger partial charge in [0, 0.05) is 17.5 Å². The molecule has 0 aliphatic carbocycles. The molecule has 0 spiro atoms. The van der Waals surface area contributed by atoms with Crippen molar-refractivity contribution in [2.45, 2.75) is 12.5 Å². The van der Waals surface area contributed by atoms with E-state index in [-0.39, 0.29) is 11.7 Å². The molecule has 0 radical (unpaired) electrons. The number of nitrogens with zero attached hydrogens (tertiary/aromatic N) is 2. The van der Waals surface area contributed by atoms with E-state index in [2.05, 4.69) is 5.10 Å². The topological polar surface area (TPSA) is 51.1 Å². The Bertz CT molecular complexity index is 1070. The van der Waals surface area contributed by atoms with Gasteiger partial charge in [-0.1, -0.05) is 24.3 Å². The maximum absolute atomic E-state index is 14.5. The van der Waals surface area contributed by atoms with E-state index in [0.717, 1.165) is 5.56 Å². The highest BCUT2D eigenvalue weighted by molar-refractivity contribution is 7.12. The molecule has 1 aliphatic heterocycles. The van der Waals surface area contributed by atoms with Crippen LogP contribution in [0.25, 0.3) is 0 Å². The van der Waals surface area contributed by atoms with E-state index < -0.39 is 6.04 Å². The molecule has 2 heterocycles. The van der Waals surface area contributed by atoms with Crippen LogP contribution < -0.4 is 9.47 Å². The van der Waals surface area contributed by atoms with E-state index in [1.54, 1.807) is 44.6 Å². The van der Waals surface area contributed by atoms with Crippen LogP contribution in [0.2, 0.25) is 0 Å². The summed E-state index contributed by atoms with van der Waals surface area (Å²) < 4.78 is 25.2. The molecule has 4 rings (SSSR count). The van der Waals surface area contributed by atoms with Crippen molar-refractivity contribution < 1.29 is 18.7 Å². The average molecular weight is 410 g/mol. The molecule has 0 bridgehead atoms. The Morgan fingerprint density at radius 1 is 1.10 bits per heavy atom. The van der Waals surface area contributed by atoms with E-state index in [1.807, 2.05) is 23.6 Å². The van der Waals surface area contributed by atoms with Crippen LogP contribution in [0.3, 0.4) is 0 Å². The molecule has 2 aromatic carbocycles. The van der Waals surface area contributed by atoms with E-state index in [1.165, 1.54) is 22.4 Å². The lowest BCUT2D eigenvalue weighted by atomic mass is 9.97. The molecular weight excluding hydrogens is 391 g/mol. The van der Waals surface area contributed by atoms with Gasteiger partial charge in [-0.05, 0) is 35.7 Å². The Morgan fingerprint density at radius 2 is 1.90 bits per heavy atom. The summed E-state index contributed by atoms with van der Waals surface area (Å²) in [5.74, 6) is 0.569. The largest absolute Gasteiger partial charge is 0.493 e. The number of hydrogen-bond acceptors (Lipinski definition) is 5. The molecule has 29 heavy (non-hydrogen) atoms. The number of thiophene rings is 1. The minimum Gasteiger partial charge on any atom is -0.493 e. The molecule has 7 heteroatoms. The molecular formula is C22H19FN2O3S. The van der Waals surface area contributed by atoms with Crippen molar-refractivity contribution in [3.05, 3.63) is 81.8 Å². The van der Waals surface area contributed by atoms with Crippen LogP contribution >= 0.6 is 11.3 Å². The zero-order valence-corrected chi connectivity index (χ0v) is 16.8. The first-order valence-corrected chi connectivity index (χ1v) is 9.91. The highest BCUT2D eigenvalue weighted by Gasteiger charge is 2.35. The standard InChI is InChI=1S/C22H19FN2O3S/c1-27-19-10-9-14(12-20(19)28-2)17-13-18(15-6-3-4-7-16(15)23)25(24-17)22(26)21-8-5-11-29-21/h3-12,18H,13H2,1-2H3/t18-/m1/s1. The third kappa shape index (κ3) is 3.61. The van der Waals surface area contributed by atoms with Gasteiger partial charge in [0.25, 0.3) is 5.91 Å². The molecule has 0 fully saturated rings. The Kier molecular flexibility index (Phi) is 5.31. The number of ether oxygens (including phenoxy) is 2. The fourth-order valence-electron chi connectivity index (χ4n) is 3.39. The molecule has 1 aliphatic rings. The average Bonchev–Trinajstić information content (AvgIpc) is 3.43. The minimum atomic E-state index is -0.520. The second kappa shape index (κ2) is 8.05. The maximum Gasteiger partial charge on any atom is 0.284 e. The number of halogens is 1. The number of carbonyl (C=O) groups excluding carboxylic acids is 1. The number of benzene rings is 2. The lowest BCUT2D eigenvalue weighted by Crippen LogP contribution is -2.27. The molecule has 3 aromatic rings. The van der Waals surface area contributed by atoms with Crippen molar-refractivity contribution >= 4 is 23.0 Å². The van der Waals surface area contributed by atoms with Gasteiger partial charge in [0.05, 0.1) is 30.9 Å². The Hall–Kier alpha value is -3.19. The monoisotopic (exact) mass is 410 g/mol. The van der Waals surface area contributed by atoms with Gasteiger partial charge >= 0.3 is 0 Å². The van der Waals surface area contributed by atoms with E-state index >= 15 is 0 Å². The summed E-state index contributed by atoms with van der Waals surface area (Å²) in [6, 6.07) is 15.0. The summed E-state index contributed by atoms with van der Waals surface area (Å²) in [5.41, 5.74) is 1.92. The predicted molar refractivity (Wildman–Crippen MR) is 110 cm³/mol. The van der Waals surface area contributed by atoms with Crippen molar-refractivity contribution in [2.24, 2.45) is 5.10 Å². The highest BCUT2D eigenvalue weighted by Crippen LogP contribution is 2.37. The van der Waals surface area contributed by atoms with Crippen molar-refractivity contribution in [1.29, 1.82) is 0 Å². The molecule has 1 amide bonds. The van der Waals surface area contributed by atoms with Gasteiger partial charge in [-0.25, -0.2) is 9.40 Å². The van der Waals surface area contributed by atoms with Gasteiger partial charge in [0.1, 0.15) is 5.82 Å². The van der Waals surface area contributed by atoms with Gasteiger partial charge in [-0.2, -0.15) is 5.10 Å². The molecule has 5 nitrogen and oxygen atoms in total. The fraction of sp³-hybridized carbons (Fsp3) is 0.182. The fourth-order valence-corrected chi connectivity index (χ4v) is 4.04. The first kappa shape index (κ1) is 19.1. The first-order chi connectivity index (χ1) is 14.1. The van der Waals surface area contributed by atoms with Gasteiger partial charge < -0.3 is 9.47 Å². The van der Waals surface area contributed by atoms with Crippen LogP contribution in [0.5, 0.6) is 11.5 Å². The second-order valence-electron chi connectivity index (χ2n) is 6.48. The normalized spacial score (nSPS) is 15.9. The molecule has 0 saturated heterocycles. The predicted octanol–water partition coefficient (Wildman–Crippen LogP) is 4.90. The molecule has 1 aromatic heterocycles. The molecule has 0 unspecified atom stereocenters. The Balaban J connectivity index is 1.75. The SMILES string of the molecule is COc1ccc(C2=NN(C(=O)c3cccs3)[C@@H](c3ccccc3F)C2)cc1OC. The summed E-state index contributed by atoms with van der Waals surface area (Å²) in [4.78, 5) is 13.6. The zero-order chi connectivity index (χ0) is 20.4. The summed E-state index contributed by atoms with van der Waals surface area (Å²) >= 11 is 1.34. The van der Waals surface area contributed by atoms with Crippen molar-refractivity contribution in [2.75, 3.05) is 14.2 Å². The zero-order valence-electron chi connectivity index (χ0n) is 16.0. The summed E-state index contributed by atoms with van der Waals surface area (Å²) in [6.07, 6.45) is 0.396. The van der Waals surface area contributed by atoms with Crippen LogP contribution in [-0.4, -0.2) is 30.8 Å². The van der Waals surface area contributed by atoms with Crippen molar-refractivity contribution in [3.8, 4) is 11.5 Å². The van der Waals surface area contributed by atoms with Crippen LogP contribution in [0.1, 0.15) is 33.3 Å². The van der Waals surface area contributed by atoms with Crippen LogP contribution in [-0.2, 0) is 0 Å². The lowest BCUT2D eigenvalue weighted by Gasteiger charge is -2.21. The van der Waals surface area contributed by atoms with Crippen molar-refractivity contribution in [1.82, 2.24) is 5.01 Å². The number of hydrogen-bond donors (Lipinski definition) is 0. The maximum atomic E-state index is 14.5. The number of carbonyl (C=O) groups is 1. The highest BCUT2D eigenvalue weighted by atomic mass is 32.1. The molecule has 148 valence electrons. The third-order valence-corrected chi connectivity index (χ3v) is 5.69. The first-order valence-electron chi connectivity index (χ1n) is 9.03. The van der Waals surface area contributed by atoms with Crippen molar-refractivity contribution in [3.63, 3.8) is 0 Å². The summed E-state index contributed by atoms with van der Waals surface area (Å²) in [7, 11) is 3.13. The van der Waals surface area contributed by atoms with Crippen LogP contribution in [0.4, 0.5) is 4.39 Å². The van der Waals surface area contributed by atoms with E-state index in [0.29, 0.717) is 34.1 Å². The number of hydrazone groups is 1. The van der Waals surface area contributed by atoms with Gasteiger partial charge in [-0.3, -0.25) is 4.79 Å². The minimum absolute atomic E-state index is 0.247. The van der Waals surface area contributed by atoms with Gasteiger partial charge in [0.2, 0.25) is 0 Å². The number of amides is 1. The molecule has 0 saturated carbocycles. The van der Waals surface area contributed by atoms with E-state index in [4.69, 9.17) is 9.47 Å². The summed E-state index contributed by atoms with van der Waals surface area (Å²) in [5, 5.41) is 7.81. The third-order valence-electron chi connectivity index (χ3n) is 4.83. The number of methoxy groups -OCH3 is 2. The van der Waals surface area contributed by atoms with Gasteiger partial charge in [-0.15, -0.1) is 11.3 Å². The quantitative estimate of drug-likeness (QED) is 0.601. The molecule has 1 atom stereocenters. The Labute approximate surface area is 172 Å².